The maximum atomic E-state index is 13.5. The third-order valence-electron chi connectivity index (χ3n) is 6.73. The molecule has 0 saturated heterocycles. The standard InChI is InChI=1S/C26H8Cl8N2O3/c27-15-8-6-36(26(39)11(8)16(28)20(32)19(15)31)10-3-1-2-7-4-5-9(35-23(7)10)12-24(37)13-14(25(12)38)18(30)22(34)21(33)17(13)29/h1-5,12H,6H2. The summed E-state index contributed by atoms with van der Waals surface area (Å²) < 4.78 is 0. The van der Waals surface area contributed by atoms with Crippen molar-refractivity contribution in [3.63, 3.8) is 0 Å². The molecular weight excluding hydrogens is 672 g/mol. The van der Waals surface area contributed by atoms with Gasteiger partial charge < -0.3 is 4.90 Å². The lowest BCUT2D eigenvalue weighted by molar-refractivity contribution is 0.0887. The highest BCUT2D eigenvalue weighted by Crippen LogP contribution is 2.49. The van der Waals surface area contributed by atoms with Gasteiger partial charge in [-0.15, -0.1) is 0 Å². The van der Waals surface area contributed by atoms with Gasteiger partial charge in [0.05, 0.1) is 80.3 Å². The van der Waals surface area contributed by atoms with Gasteiger partial charge in [-0.2, -0.15) is 0 Å². The molecule has 1 aliphatic heterocycles. The molecule has 2 heterocycles. The van der Waals surface area contributed by atoms with E-state index in [1.54, 1.807) is 30.3 Å². The Bertz CT molecular complexity index is 1810. The number of rotatable bonds is 2. The van der Waals surface area contributed by atoms with E-state index >= 15 is 0 Å². The van der Waals surface area contributed by atoms with Crippen LogP contribution in [-0.4, -0.2) is 22.5 Å². The summed E-state index contributed by atoms with van der Waals surface area (Å²) in [5.74, 6) is -3.02. The Morgan fingerprint density at radius 3 is 1.77 bits per heavy atom. The lowest BCUT2D eigenvalue weighted by Crippen LogP contribution is -2.24. The van der Waals surface area contributed by atoms with Gasteiger partial charge in [0.15, 0.2) is 11.6 Å². The summed E-state index contributed by atoms with van der Waals surface area (Å²) in [5.41, 5.74) is 1.22. The molecule has 13 heteroatoms. The molecule has 5 nitrogen and oxygen atoms in total. The van der Waals surface area contributed by atoms with Crippen LogP contribution in [0.25, 0.3) is 10.9 Å². The van der Waals surface area contributed by atoms with Crippen LogP contribution in [-0.2, 0) is 6.54 Å². The summed E-state index contributed by atoms with van der Waals surface area (Å²) in [4.78, 5) is 46.5. The van der Waals surface area contributed by atoms with Gasteiger partial charge in [-0.05, 0) is 12.1 Å². The number of amides is 1. The van der Waals surface area contributed by atoms with Gasteiger partial charge in [-0.25, -0.2) is 4.98 Å². The summed E-state index contributed by atoms with van der Waals surface area (Å²) in [6, 6.07) is 8.43. The maximum Gasteiger partial charge on any atom is 0.260 e. The number of aromatic nitrogens is 1. The van der Waals surface area contributed by atoms with Gasteiger partial charge in [0, 0.05) is 10.9 Å². The first kappa shape index (κ1) is 27.4. The number of hydrogen-bond acceptors (Lipinski definition) is 4. The van der Waals surface area contributed by atoms with Gasteiger partial charge in [0.1, 0.15) is 5.92 Å². The van der Waals surface area contributed by atoms with E-state index in [0.717, 1.165) is 0 Å². The second-order valence-corrected chi connectivity index (χ2v) is 11.8. The van der Waals surface area contributed by atoms with Crippen LogP contribution in [0, 0.1) is 0 Å². The van der Waals surface area contributed by atoms with Crippen LogP contribution in [0.15, 0.2) is 30.3 Å². The van der Waals surface area contributed by atoms with Crippen molar-refractivity contribution in [2.45, 2.75) is 12.5 Å². The maximum absolute atomic E-state index is 13.5. The number of Topliss-reactive ketones (excluding diaryl/α,β-unsaturated/α-hetero) is 2. The molecule has 3 aromatic carbocycles. The van der Waals surface area contributed by atoms with Crippen molar-refractivity contribution in [1.29, 1.82) is 0 Å². The Labute approximate surface area is 260 Å². The third kappa shape index (κ3) is 3.83. The van der Waals surface area contributed by atoms with Crippen LogP contribution < -0.4 is 4.90 Å². The summed E-state index contributed by atoms with van der Waals surface area (Å²) in [7, 11) is 0. The van der Waals surface area contributed by atoms with Gasteiger partial charge in [0.2, 0.25) is 0 Å². The summed E-state index contributed by atoms with van der Waals surface area (Å²) in [6.45, 7) is 0.0452. The Hall–Kier alpha value is -1.80. The minimum absolute atomic E-state index is 0.00607. The zero-order valence-electron chi connectivity index (χ0n) is 18.8. The lowest BCUT2D eigenvalue weighted by Gasteiger charge is -2.18. The van der Waals surface area contributed by atoms with E-state index in [1.165, 1.54) is 4.90 Å². The van der Waals surface area contributed by atoms with Crippen molar-refractivity contribution in [2.24, 2.45) is 0 Å². The fourth-order valence-electron chi connectivity index (χ4n) is 4.90. The fourth-order valence-corrected chi connectivity index (χ4v) is 6.98. The predicted octanol–water partition coefficient (Wildman–Crippen LogP) is 9.79. The summed E-state index contributed by atoms with van der Waals surface area (Å²) >= 11 is 50.0. The minimum Gasteiger partial charge on any atom is -0.302 e. The van der Waals surface area contributed by atoms with E-state index in [-0.39, 0.29) is 69.1 Å². The van der Waals surface area contributed by atoms with Gasteiger partial charge in [-0.3, -0.25) is 14.4 Å². The molecule has 0 atom stereocenters. The Morgan fingerprint density at radius 2 is 1.18 bits per heavy atom. The number of carbonyl (C=O) groups is 3. The van der Waals surface area contributed by atoms with Crippen molar-refractivity contribution in [3.8, 4) is 0 Å². The van der Waals surface area contributed by atoms with Gasteiger partial charge in [0.25, 0.3) is 5.91 Å². The molecule has 0 fully saturated rings. The molecule has 4 aromatic rings. The fraction of sp³-hybridized carbons (Fsp3) is 0.0769. The summed E-state index contributed by atoms with van der Waals surface area (Å²) in [5, 5.41) is 0.224. The van der Waals surface area contributed by atoms with Crippen LogP contribution in [0.2, 0.25) is 40.2 Å². The van der Waals surface area contributed by atoms with E-state index in [1.807, 2.05) is 0 Å². The van der Waals surface area contributed by atoms with Crippen molar-refractivity contribution in [1.82, 2.24) is 4.98 Å². The first-order valence-electron chi connectivity index (χ1n) is 11.0. The number of nitrogens with zero attached hydrogens (tertiary/aromatic N) is 2. The number of fused-ring (bicyclic) bond motifs is 3. The molecule has 1 aromatic heterocycles. The second kappa shape index (κ2) is 9.64. The topological polar surface area (TPSA) is 67.3 Å². The van der Waals surface area contributed by atoms with E-state index < -0.39 is 23.4 Å². The van der Waals surface area contributed by atoms with E-state index in [0.29, 0.717) is 22.2 Å². The molecule has 1 aliphatic carbocycles. The molecule has 0 N–H and O–H groups in total. The largest absolute Gasteiger partial charge is 0.302 e. The highest BCUT2D eigenvalue weighted by Gasteiger charge is 2.45. The first-order valence-corrected chi connectivity index (χ1v) is 14.0. The van der Waals surface area contributed by atoms with Crippen molar-refractivity contribution in [3.05, 3.63) is 98.5 Å². The van der Waals surface area contributed by atoms with Crippen LogP contribution in [0.4, 0.5) is 5.69 Å². The number of carbonyl (C=O) groups excluding carboxylic acids is 3. The number of benzene rings is 3. The average molecular weight is 680 g/mol. The van der Waals surface area contributed by atoms with Crippen molar-refractivity contribution >= 4 is 127 Å². The van der Waals surface area contributed by atoms with Crippen LogP contribution >= 0.6 is 92.8 Å². The first-order chi connectivity index (χ1) is 18.5. The Balaban J connectivity index is 1.49. The van der Waals surface area contributed by atoms with E-state index in [9.17, 15) is 14.4 Å². The number of hydrogen-bond donors (Lipinski definition) is 0. The second-order valence-electron chi connectivity index (χ2n) is 8.75. The predicted molar refractivity (Wildman–Crippen MR) is 157 cm³/mol. The molecule has 0 unspecified atom stereocenters. The molecule has 0 radical (unpaired) electrons. The molecule has 196 valence electrons. The third-order valence-corrected chi connectivity index (χ3v) is 10.4. The van der Waals surface area contributed by atoms with Gasteiger partial charge >= 0.3 is 0 Å². The Morgan fingerprint density at radius 1 is 0.641 bits per heavy atom. The molecule has 2 aliphatic rings. The Kier molecular flexibility index (Phi) is 6.77. The molecule has 0 bridgehead atoms. The smallest absolute Gasteiger partial charge is 0.260 e. The molecule has 0 saturated carbocycles. The zero-order valence-corrected chi connectivity index (χ0v) is 24.9. The normalized spacial score (nSPS) is 15.1. The number of ketones is 2. The highest BCUT2D eigenvalue weighted by atomic mass is 35.5. The molecule has 6 rings (SSSR count). The minimum atomic E-state index is -1.34. The number of para-hydroxylation sites is 1. The van der Waals surface area contributed by atoms with Crippen LogP contribution in [0.3, 0.4) is 0 Å². The lowest BCUT2D eigenvalue weighted by atomic mass is 9.98. The van der Waals surface area contributed by atoms with E-state index in [4.69, 9.17) is 92.8 Å². The number of anilines is 1. The molecule has 0 spiro atoms. The van der Waals surface area contributed by atoms with Crippen LogP contribution in [0.5, 0.6) is 0 Å². The zero-order chi connectivity index (χ0) is 28.1. The van der Waals surface area contributed by atoms with Gasteiger partial charge in [-0.1, -0.05) is 111 Å². The summed E-state index contributed by atoms with van der Waals surface area (Å²) in [6.07, 6.45) is 0. The van der Waals surface area contributed by atoms with Crippen molar-refractivity contribution < 1.29 is 14.4 Å². The van der Waals surface area contributed by atoms with E-state index in [2.05, 4.69) is 4.98 Å². The number of halogens is 8. The molecular formula is C26H8Cl8N2O3. The SMILES string of the molecule is O=C1c2c(Cl)c(Cl)c(Cl)c(Cl)c2C(=O)C1c1ccc2cccc(N3Cc4c(Cl)c(Cl)c(Cl)c(Cl)c4C3=O)c2n1. The monoisotopic (exact) mass is 676 g/mol. The molecule has 39 heavy (non-hydrogen) atoms. The quantitative estimate of drug-likeness (QED) is 0.120. The highest BCUT2D eigenvalue weighted by molar-refractivity contribution is 6.56. The molecule has 1 amide bonds. The number of pyridine rings is 1. The average Bonchev–Trinajstić information content (AvgIpc) is 3.40. The van der Waals surface area contributed by atoms with Crippen LogP contribution in [0.1, 0.15) is 48.2 Å². The van der Waals surface area contributed by atoms with Crippen molar-refractivity contribution in [2.75, 3.05) is 4.90 Å².